The van der Waals surface area contributed by atoms with Crippen LogP contribution in [0, 0.1) is 5.41 Å². The van der Waals surface area contributed by atoms with Crippen molar-refractivity contribution < 1.29 is 45.4 Å². The van der Waals surface area contributed by atoms with Crippen molar-refractivity contribution in [3.63, 3.8) is 0 Å². The molecule has 0 aliphatic carbocycles. The molecule has 0 amide bonds. The molecule has 0 aromatic heterocycles. The summed E-state index contributed by atoms with van der Waals surface area (Å²) in [6.07, 6.45) is -12.9. The summed E-state index contributed by atoms with van der Waals surface area (Å²) < 4.78 is 79.9. The highest BCUT2D eigenvalue weighted by Gasteiger charge is 2.35. The fraction of sp³-hybridized carbons (Fsp3) is 0.818. The second-order valence-electron chi connectivity index (χ2n) is 5.07. The Morgan fingerprint density at radius 1 is 0.762 bits per heavy atom. The zero-order valence-corrected chi connectivity index (χ0v) is 11.2. The second-order valence-corrected chi connectivity index (χ2v) is 5.07. The van der Waals surface area contributed by atoms with E-state index in [1.165, 1.54) is 13.8 Å². The lowest BCUT2D eigenvalue weighted by molar-refractivity contribution is -0.176. The quantitative estimate of drug-likeness (QED) is 0.557. The Labute approximate surface area is 116 Å². The molecule has 0 saturated heterocycles. The molecule has 0 heterocycles. The number of carbonyl (C=O) groups excluding carboxylic acids is 2. The van der Waals surface area contributed by atoms with Crippen molar-refractivity contribution in [2.75, 3.05) is 13.2 Å². The van der Waals surface area contributed by atoms with Gasteiger partial charge in [-0.3, -0.25) is 9.59 Å². The molecule has 0 N–H and O–H groups in total. The second kappa shape index (κ2) is 6.99. The molecule has 0 saturated carbocycles. The molecular formula is C11H14F6O4. The lowest BCUT2D eigenvalue weighted by atomic mass is 9.96. The number of esters is 2. The van der Waals surface area contributed by atoms with Crippen molar-refractivity contribution in [2.24, 2.45) is 5.41 Å². The van der Waals surface area contributed by atoms with Crippen molar-refractivity contribution in [1.82, 2.24) is 0 Å². The predicted octanol–water partition coefficient (Wildman–Crippen LogP) is 3.00. The first kappa shape index (κ1) is 19.5. The van der Waals surface area contributed by atoms with E-state index < -0.39 is 55.8 Å². The van der Waals surface area contributed by atoms with Gasteiger partial charge in [-0.2, -0.15) is 26.3 Å². The van der Waals surface area contributed by atoms with Crippen LogP contribution < -0.4 is 0 Å². The van der Waals surface area contributed by atoms with E-state index in [1.54, 1.807) is 0 Å². The van der Waals surface area contributed by atoms with Gasteiger partial charge in [0.05, 0.1) is 13.2 Å². The fourth-order valence-electron chi connectivity index (χ4n) is 1.02. The van der Waals surface area contributed by atoms with Gasteiger partial charge in [-0.05, 0) is 0 Å². The number of alkyl halides is 6. The standard InChI is InChI=1S/C11H14F6O4/c1-9(2,5-20-7(18)3-10(12,13)14)6-21-8(19)4-11(15,16)17/h3-6H2,1-2H3. The molecule has 0 aliphatic rings. The molecule has 0 spiro atoms. The number of ether oxygens (including phenoxy) is 2. The van der Waals surface area contributed by atoms with Gasteiger partial charge in [0.1, 0.15) is 12.8 Å². The van der Waals surface area contributed by atoms with E-state index in [4.69, 9.17) is 0 Å². The molecule has 4 nitrogen and oxygen atoms in total. The summed E-state index contributed by atoms with van der Waals surface area (Å²) in [6.45, 7) is 1.66. The van der Waals surface area contributed by atoms with Crippen LogP contribution in [0.25, 0.3) is 0 Å². The molecule has 0 rings (SSSR count). The molecule has 0 aromatic rings. The summed E-state index contributed by atoms with van der Waals surface area (Å²) in [5, 5.41) is 0. The highest BCUT2D eigenvalue weighted by atomic mass is 19.4. The van der Waals surface area contributed by atoms with E-state index in [0.29, 0.717) is 0 Å². The average molecular weight is 324 g/mol. The van der Waals surface area contributed by atoms with Crippen LogP contribution in [0.15, 0.2) is 0 Å². The van der Waals surface area contributed by atoms with Gasteiger partial charge in [0, 0.05) is 5.41 Å². The number of carbonyl (C=O) groups is 2. The maximum atomic E-state index is 11.9. The minimum atomic E-state index is -4.71. The summed E-state index contributed by atoms with van der Waals surface area (Å²) in [7, 11) is 0. The molecule has 10 heteroatoms. The van der Waals surface area contributed by atoms with E-state index in [-0.39, 0.29) is 0 Å². The SMILES string of the molecule is CC(C)(COC(=O)CC(F)(F)F)COC(=O)CC(F)(F)F. The maximum Gasteiger partial charge on any atom is 0.399 e. The number of halogens is 6. The number of hydrogen-bond donors (Lipinski definition) is 0. The van der Waals surface area contributed by atoms with Crippen LogP contribution in [0.1, 0.15) is 26.7 Å². The molecule has 0 unspecified atom stereocenters. The van der Waals surface area contributed by atoms with Crippen LogP contribution in [0.2, 0.25) is 0 Å². The van der Waals surface area contributed by atoms with Gasteiger partial charge < -0.3 is 9.47 Å². The van der Waals surface area contributed by atoms with Gasteiger partial charge >= 0.3 is 24.3 Å². The monoisotopic (exact) mass is 324 g/mol. The molecule has 21 heavy (non-hydrogen) atoms. The topological polar surface area (TPSA) is 52.6 Å². The Morgan fingerprint density at radius 2 is 1.05 bits per heavy atom. The summed E-state index contributed by atoms with van der Waals surface area (Å²) in [6, 6.07) is 0. The van der Waals surface area contributed by atoms with Crippen molar-refractivity contribution in [3.05, 3.63) is 0 Å². The Bertz CT molecular complexity index is 338. The smallest absolute Gasteiger partial charge is 0.399 e. The minimum Gasteiger partial charge on any atom is -0.465 e. The van der Waals surface area contributed by atoms with Gasteiger partial charge in [0.25, 0.3) is 0 Å². The molecule has 0 radical (unpaired) electrons. The van der Waals surface area contributed by atoms with Gasteiger partial charge in [-0.1, -0.05) is 13.8 Å². The summed E-state index contributed by atoms with van der Waals surface area (Å²) in [5.41, 5.74) is -1.11. The summed E-state index contributed by atoms with van der Waals surface area (Å²) in [5.74, 6) is -3.03. The first-order chi connectivity index (χ1) is 9.20. The molecule has 0 atom stereocenters. The zero-order valence-electron chi connectivity index (χ0n) is 11.2. The Balaban J connectivity index is 4.15. The number of rotatable bonds is 6. The van der Waals surface area contributed by atoms with E-state index in [9.17, 15) is 35.9 Å². The third kappa shape index (κ3) is 12.0. The van der Waals surface area contributed by atoms with Crippen LogP contribution >= 0.6 is 0 Å². The lowest BCUT2D eigenvalue weighted by Gasteiger charge is -2.24. The van der Waals surface area contributed by atoms with Gasteiger partial charge in [-0.25, -0.2) is 0 Å². The van der Waals surface area contributed by atoms with E-state index >= 15 is 0 Å². The van der Waals surface area contributed by atoms with Gasteiger partial charge in [-0.15, -0.1) is 0 Å². The average Bonchev–Trinajstić information content (AvgIpc) is 2.19. The van der Waals surface area contributed by atoms with Crippen LogP contribution in [-0.2, 0) is 19.1 Å². The lowest BCUT2D eigenvalue weighted by Crippen LogP contribution is -2.30. The third-order valence-corrected chi connectivity index (χ3v) is 1.94. The van der Waals surface area contributed by atoms with Crippen molar-refractivity contribution in [3.8, 4) is 0 Å². The molecule has 124 valence electrons. The molecule has 0 aromatic carbocycles. The summed E-state index contributed by atoms with van der Waals surface area (Å²) >= 11 is 0. The van der Waals surface area contributed by atoms with E-state index in [1.807, 2.05) is 0 Å². The highest BCUT2D eigenvalue weighted by Crippen LogP contribution is 2.23. The van der Waals surface area contributed by atoms with Crippen LogP contribution in [0.4, 0.5) is 26.3 Å². The molecule has 0 fully saturated rings. The van der Waals surface area contributed by atoms with Crippen molar-refractivity contribution >= 4 is 11.9 Å². The Kier molecular flexibility index (Phi) is 6.50. The van der Waals surface area contributed by atoms with E-state index in [0.717, 1.165) is 0 Å². The van der Waals surface area contributed by atoms with Gasteiger partial charge in [0.15, 0.2) is 0 Å². The first-order valence-electron chi connectivity index (χ1n) is 5.65. The van der Waals surface area contributed by atoms with Crippen LogP contribution in [0.5, 0.6) is 0 Å². The Hall–Kier alpha value is -1.48. The highest BCUT2D eigenvalue weighted by molar-refractivity contribution is 5.70. The zero-order chi connectivity index (χ0) is 16.9. The largest absolute Gasteiger partial charge is 0.465 e. The van der Waals surface area contributed by atoms with Crippen molar-refractivity contribution in [2.45, 2.75) is 39.0 Å². The van der Waals surface area contributed by atoms with Crippen molar-refractivity contribution in [1.29, 1.82) is 0 Å². The normalized spacial score (nSPS) is 13.0. The van der Waals surface area contributed by atoms with Gasteiger partial charge in [0.2, 0.25) is 0 Å². The van der Waals surface area contributed by atoms with E-state index in [2.05, 4.69) is 9.47 Å². The minimum absolute atomic E-state index is 0.527. The van der Waals surface area contributed by atoms with Crippen LogP contribution in [-0.4, -0.2) is 37.5 Å². The van der Waals surface area contributed by atoms with Crippen LogP contribution in [0.3, 0.4) is 0 Å². The summed E-state index contributed by atoms with van der Waals surface area (Å²) in [4.78, 5) is 21.7. The molecule has 0 bridgehead atoms. The number of hydrogen-bond acceptors (Lipinski definition) is 4. The predicted molar refractivity (Wildman–Crippen MR) is 57.0 cm³/mol. The maximum absolute atomic E-state index is 11.9. The Morgan fingerprint density at radius 3 is 1.29 bits per heavy atom. The fourth-order valence-corrected chi connectivity index (χ4v) is 1.02. The molecular weight excluding hydrogens is 310 g/mol. The molecule has 0 aliphatic heterocycles. The first-order valence-corrected chi connectivity index (χ1v) is 5.65. The third-order valence-electron chi connectivity index (χ3n) is 1.94.